The van der Waals surface area contributed by atoms with Crippen molar-refractivity contribution in [1.82, 2.24) is 29.7 Å². The average Bonchev–Trinajstić information content (AvgIpc) is 3.17. The van der Waals surface area contributed by atoms with Gasteiger partial charge in [0.2, 0.25) is 6.41 Å². The van der Waals surface area contributed by atoms with Crippen LogP contribution in [-0.4, -0.2) is 43.2 Å². The number of hydrogen-bond acceptors (Lipinski definition) is 7. The number of rotatable bonds is 6. The van der Waals surface area contributed by atoms with Gasteiger partial charge in [0.25, 0.3) is 0 Å². The second-order valence-corrected chi connectivity index (χ2v) is 7.42. The van der Waals surface area contributed by atoms with Gasteiger partial charge in [0.1, 0.15) is 5.69 Å². The van der Waals surface area contributed by atoms with Crippen molar-refractivity contribution in [2.45, 2.75) is 33.5 Å². The number of halogens is 3. The molecule has 0 bridgehead atoms. The van der Waals surface area contributed by atoms with Crippen molar-refractivity contribution in [2.24, 2.45) is 0 Å². The van der Waals surface area contributed by atoms with E-state index in [1.165, 1.54) is 13.3 Å². The number of nitrogens with zero attached hydrogens (tertiary/aromatic N) is 6. The number of aromatic nitrogens is 6. The van der Waals surface area contributed by atoms with Crippen LogP contribution in [0.4, 0.5) is 19.0 Å². The topological polar surface area (TPSA) is 108 Å². The highest BCUT2D eigenvalue weighted by Crippen LogP contribution is 2.33. The van der Waals surface area contributed by atoms with E-state index in [2.05, 4.69) is 30.4 Å². The molecule has 0 fully saturated rings. The molecule has 0 radical (unpaired) electrons. The molecule has 0 aliphatic rings. The number of methoxy groups -OCH3 is 1. The van der Waals surface area contributed by atoms with E-state index < -0.39 is 11.9 Å². The minimum atomic E-state index is -4.43. The quantitative estimate of drug-likeness (QED) is 0.383. The van der Waals surface area contributed by atoms with Crippen LogP contribution in [-0.2, 0) is 17.5 Å². The van der Waals surface area contributed by atoms with Gasteiger partial charge in [0.05, 0.1) is 24.7 Å². The van der Waals surface area contributed by atoms with Gasteiger partial charge >= 0.3 is 6.18 Å². The van der Waals surface area contributed by atoms with Gasteiger partial charge in [-0.2, -0.15) is 18.3 Å². The van der Waals surface area contributed by atoms with Crippen LogP contribution >= 0.6 is 0 Å². The predicted molar refractivity (Wildman–Crippen MR) is 127 cm³/mol. The summed E-state index contributed by atoms with van der Waals surface area (Å²) in [5.41, 5.74) is 3.40. The van der Waals surface area contributed by atoms with Crippen LogP contribution in [0.3, 0.4) is 0 Å². The first-order valence-electron chi connectivity index (χ1n) is 10.8. The van der Waals surface area contributed by atoms with E-state index in [1.807, 2.05) is 13.8 Å². The maximum absolute atomic E-state index is 12.7. The average molecular weight is 499 g/mol. The SMILES string of the molecule is CCn1nc(C)c(-c2ccnc(C(F)(F)F)c2)c1C.COc1cc(-c2cnccn2)cnc1NC=O. The fraction of sp³-hybridized carbons (Fsp3) is 0.250. The smallest absolute Gasteiger partial charge is 0.433 e. The lowest BCUT2D eigenvalue weighted by atomic mass is 10.0. The summed E-state index contributed by atoms with van der Waals surface area (Å²) in [6.07, 6.45) is 3.71. The summed E-state index contributed by atoms with van der Waals surface area (Å²) in [5.74, 6) is 0.843. The fourth-order valence-electron chi connectivity index (χ4n) is 3.52. The second-order valence-electron chi connectivity index (χ2n) is 7.42. The molecule has 188 valence electrons. The van der Waals surface area contributed by atoms with Crippen molar-refractivity contribution in [3.63, 3.8) is 0 Å². The maximum Gasteiger partial charge on any atom is 0.433 e. The van der Waals surface area contributed by atoms with Crippen molar-refractivity contribution >= 4 is 12.2 Å². The molecule has 4 rings (SSSR count). The Hall–Kier alpha value is -4.35. The standard InChI is InChI=1S/C13H14F3N3.C11H10N4O2/c1-4-19-9(3)12(8(2)18-19)10-5-6-17-11(7-10)13(14,15)16;1-17-10-4-8(5-14-11(10)15-7-16)9-6-12-2-3-13-9/h5-7H,4H2,1-3H3;2-7H,1H3,(H,14,15,16). The Kier molecular flexibility index (Phi) is 8.30. The third-order valence-corrected chi connectivity index (χ3v) is 5.15. The Labute approximate surface area is 205 Å². The maximum atomic E-state index is 12.7. The van der Waals surface area contributed by atoms with Crippen LogP contribution in [0.25, 0.3) is 22.4 Å². The van der Waals surface area contributed by atoms with Crippen LogP contribution in [0, 0.1) is 13.8 Å². The molecule has 9 nitrogen and oxygen atoms in total. The van der Waals surface area contributed by atoms with Gasteiger partial charge < -0.3 is 10.1 Å². The van der Waals surface area contributed by atoms with Crippen LogP contribution in [0.1, 0.15) is 24.0 Å². The van der Waals surface area contributed by atoms with Crippen molar-refractivity contribution in [1.29, 1.82) is 0 Å². The number of ether oxygens (including phenoxy) is 1. The number of pyridine rings is 2. The van der Waals surface area contributed by atoms with E-state index in [1.54, 1.807) is 48.5 Å². The number of alkyl halides is 3. The molecule has 12 heteroatoms. The summed E-state index contributed by atoms with van der Waals surface area (Å²) in [5, 5.41) is 6.76. The first kappa shape index (κ1) is 26.3. The molecular formula is C24H24F3N7O2. The Morgan fingerprint density at radius 2 is 1.83 bits per heavy atom. The molecule has 0 aromatic carbocycles. The first-order chi connectivity index (χ1) is 17.2. The minimum absolute atomic E-state index is 0.371. The van der Waals surface area contributed by atoms with Gasteiger partial charge in [-0.25, -0.2) is 4.98 Å². The lowest BCUT2D eigenvalue weighted by molar-refractivity contribution is -0.141. The van der Waals surface area contributed by atoms with E-state index in [4.69, 9.17) is 4.74 Å². The number of nitrogens with one attached hydrogen (secondary N) is 1. The molecule has 0 spiro atoms. The Morgan fingerprint density at radius 3 is 2.42 bits per heavy atom. The number of anilines is 1. The summed E-state index contributed by atoms with van der Waals surface area (Å²) >= 11 is 0. The predicted octanol–water partition coefficient (Wildman–Crippen LogP) is 4.72. The molecule has 4 heterocycles. The molecule has 36 heavy (non-hydrogen) atoms. The summed E-state index contributed by atoms with van der Waals surface area (Å²) in [6, 6.07) is 4.38. The molecule has 4 aromatic rings. The zero-order chi connectivity index (χ0) is 26.3. The van der Waals surface area contributed by atoms with Crippen LogP contribution < -0.4 is 10.1 Å². The highest BCUT2D eigenvalue weighted by atomic mass is 19.4. The van der Waals surface area contributed by atoms with E-state index in [0.29, 0.717) is 35.8 Å². The fourth-order valence-corrected chi connectivity index (χ4v) is 3.52. The van der Waals surface area contributed by atoms with E-state index >= 15 is 0 Å². The zero-order valence-corrected chi connectivity index (χ0v) is 20.0. The van der Waals surface area contributed by atoms with E-state index in [0.717, 1.165) is 28.6 Å². The lowest BCUT2D eigenvalue weighted by Gasteiger charge is -2.08. The largest absolute Gasteiger partial charge is 0.493 e. The minimum Gasteiger partial charge on any atom is -0.493 e. The van der Waals surface area contributed by atoms with Crippen molar-refractivity contribution in [3.05, 3.63) is 66.3 Å². The number of carbonyl (C=O) groups excluding carboxylic acids is 1. The van der Waals surface area contributed by atoms with Crippen LogP contribution in [0.5, 0.6) is 5.75 Å². The Bertz CT molecular complexity index is 1330. The second kappa shape index (κ2) is 11.4. The molecule has 0 aliphatic heterocycles. The van der Waals surface area contributed by atoms with Crippen molar-refractivity contribution in [2.75, 3.05) is 12.4 Å². The summed E-state index contributed by atoms with van der Waals surface area (Å²) < 4.78 is 44.9. The van der Waals surface area contributed by atoms with E-state index in [-0.39, 0.29) is 0 Å². The summed E-state index contributed by atoms with van der Waals surface area (Å²) in [6.45, 7) is 6.27. The van der Waals surface area contributed by atoms with Crippen molar-refractivity contribution in [3.8, 4) is 28.1 Å². The highest BCUT2D eigenvalue weighted by Gasteiger charge is 2.32. The molecular weight excluding hydrogens is 475 g/mol. The molecule has 0 saturated heterocycles. The first-order valence-corrected chi connectivity index (χ1v) is 10.8. The molecule has 0 saturated carbocycles. The third kappa shape index (κ3) is 6.01. The Morgan fingerprint density at radius 1 is 1.06 bits per heavy atom. The highest BCUT2D eigenvalue weighted by molar-refractivity contribution is 5.74. The molecule has 1 N–H and O–H groups in total. The number of aryl methyl sites for hydroxylation is 2. The van der Waals surface area contributed by atoms with E-state index in [9.17, 15) is 18.0 Å². The monoisotopic (exact) mass is 499 g/mol. The van der Waals surface area contributed by atoms with Gasteiger partial charge in [0.15, 0.2) is 11.6 Å². The summed E-state index contributed by atoms with van der Waals surface area (Å²) in [7, 11) is 1.51. The lowest BCUT2D eigenvalue weighted by Crippen LogP contribution is -2.07. The van der Waals surface area contributed by atoms with Crippen molar-refractivity contribution < 1.29 is 22.7 Å². The number of hydrogen-bond donors (Lipinski definition) is 1. The normalized spacial score (nSPS) is 10.9. The molecule has 0 atom stereocenters. The van der Waals surface area contributed by atoms with Crippen LogP contribution in [0.15, 0.2) is 49.2 Å². The molecule has 0 aliphatic carbocycles. The number of amides is 1. The number of carbonyl (C=O) groups is 1. The van der Waals surface area contributed by atoms with Gasteiger partial charge in [0, 0.05) is 48.2 Å². The van der Waals surface area contributed by atoms with Gasteiger partial charge in [-0.05, 0) is 44.5 Å². The molecule has 4 aromatic heterocycles. The molecule has 1 amide bonds. The van der Waals surface area contributed by atoms with Gasteiger partial charge in [-0.1, -0.05) is 0 Å². The molecule has 0 unspecified atom stereocenters. The van der Waals surface area contributed by atoms with Gasteiger partial charge in [-0.3, -0.25) is 24.4 Å². The Balaban J connectivity index is 0.000000202. The summed E-state index contributed by atoms with van der Waals surface area (Å²) in [4.78, 5) is 25.9. The third-order valence-electron chi connectivity index (χ3n) is 5.15. The van der Waals surface area contributed by atoms with Gasteiger partial charge in [-0.15, -0.1) is 0 Å². The zero-order valence-electron chi connectivity index (χ0n) is 20.0. The van der Waals surface area contributed by atoms with Crippen LogP contribution in [0.2, 0.25) is 0 Å².